The fourth-order valence-corrected chi connectivity index (χ4v) is 2.58. The number of ether oxygens (including phenoxy) is 1. The molecule has 0 radical (unpaired) electrons. The average Bonchev–Trinajstić information content (AvgIpc) is 2.60. The Bertz CT molecular complexity index is 568. The second kappa shape index (κ2) is 8.90. The lowest BCUT2D eigenvalue weighted by Crippen LogP contribution is -2.44. The molecule has 130 valence electrons. The topological polar surface area (TPSA) is 95.9 Å². The normalized spacial score (nSPS) is 14.9. The van der Waals surface area contributed by atoms with Crippen molar-refractivity contribution in [3.05, 3.63) is 30.3 Å². The highest BCUT2D eigenvalue weighted by molar-refractivity contribution is 5.81. The first-order valence-electron chi connectivity index (χ1n) is 8.01. The van der Waals surface area contributed by atoms with E-state index in [-0.39, 0.29) is 37.3 Å². The van der Waals surface area contributed by atoms with E-state index in [0.717, 1.165) is 0 Å². The van der Waals surface area contributed by atoms with E-state index in [0.29, 0.717) is 31.7 Å². The van der Waals surface area contributed by atoms with E-state index in [1.807, 2.05) is 18.2 Å². The van der Waals surface area contributed by atoms with Crippen LogP contribution >= 0.6 is 0 Å². The maximum atomic E-state index is 12.1. The van der Waals surface area contributed by atoms with Crippen LogP contribution in [0.4, 0.5) is 0 Å². The number of hydrogen-bond donors (Lipinski definition) is 2. The van der Waals surface area contributed by atoms with Crippen molar-refractivity contribution in [1.82, 2.24) is 10.2 Å². The van der Waals surface area contributed by atoms with Gasteiger partial charge in [-0.15, -0.1) is 0 Å². The number of hydrogen-bond acceptors (Lipinski definition) is 4. The van der Waals surface area contributed by atoms with Gasteiger partial charge in [0.1, 0.15) is 5.75 Å². The van der Waals surface area contributed by atoms with Crippen LogP contribution in [0.15, 0.2) is 30.3 Å². The summed E-state index contributed by atoms with van der Waals surface area (Å²) in [6.07, 6.45) is 1.08. The molecule has 1 heterocycles. The summed E-state index contributed by atoms with van der Waals surface area (Å²) in [6, 6.07) is 9.14. The molecule has 7 nitrogen and oxygen atoms in total. The highest BCUT2D eigenvalue weighted by Crippen LogP contribution is 2.18. The zero-order chi connectivity index (χ0) is 17.4. The molecule has 1 aliphatic heterocycles. The van der Waals surface area contributed by atoms with E-state index >= 15 is 0 Å². The van der Waals surface area contributed by atoms with Crippen molar-refractivity contribution in [3.63, 3.8) is 0 Å². The first-order valence-corrected chi connectivity index (χ1v) is 8.01. The molecule has 1 aliphatic rings. The van der Waals surface area contributed by atoms with Crippen LogP contribution in [0.2, 0.25) is 0 Å². The van der Waals surface area contributed by atoms with Crippen LogP contribution in [-0.4, -0.2) is 54.0 Å². The van der Waals surface area contributed by atoms with Crippen LogP contribution < -0.4 is 10.1 Å². The summed E-state index contributed by atoms with van der Waals surface area (Å²) in [4.78, 5) is 36.2. The minimum Gasteiger partial charge on any atom is -0.484 e. The molecule has 24 heavy (non-hydrogen) atoms. The van der Waals surface area contributed by atoms with E-state index in [1.54, 1.807) is 17.0 Å². The van der Waals surface area contributed by atoms with Crippen molar-refractivity contribution in [2.75, 3.05) is 26.2 Å². The molecular formula is C17H22N2O5. The standard InChI is InChI=1S/C17H22N2O5/c20-15(12-24-14-4-2-1-3-5-14)19-10-7-13(8-11-19)17(23)18-9-6-16(21)22/h1-5,13H,6-12H2,(H,18,23)(H,21,22). The summed E-state index contributed by atoms with van der Waals surface area (Å²) < 4.78 is 5.44. The van der Waals surface area contributed by atoms with Gasteiger partial charge in [0, 0.05) is 25.6 Å². The molecule has 0 atom stereocenters. The van der Waals surface area contributed by atoms with Crippen molar-refractivity contribution >= 4 is 17.8 Å². The van der Waals surface area contributed by atoms with Crippen molar-refractivity contribution in [2.45, 2.75) is 19.3 Å². The molecule has 0 saturated carbocycles. The fraction of sp³-hybridized carbons (Fsp3) is 0.471. The zero-order valence-electron chi connectivity index (χ0n) is 13.4. The Morgan fingerprint density at radius 2 is 1.83 bits per heavy atom. The molecule has 2 N–H and O–H groups in total. The van der Waals surface area contributed by atoms with Crippen molar-refractivity contribution in [1.29, 1.82) is 0 Å². The van der Waals surface area contributed by atoms with Gasteiger partial charge in [-0.1, -0.05) is 18.2 Å². The van der Waals surface area contributed by atoms with Crippen LogP contribution in [0, 0.1) is 5.92 Å². The number of carbonyl (C=O) groups excluding carboxylic acids is 2. The zero-order valence-corrected chi connectivity index (χ0v) is 13.4. The van der Waals surface area contributed by atoms with E-state index < -0.39 is 5.97 Å². The highest BCUT2D eigenvalue weighted by Gasteiger charge is 2.27. The van der Waals surface area contributed by atoms with Crippen molar-refractivity contribution < 1.29 is 24.2 Å². The number of nitrogens with zero attached hydrogens (tertiary/aromatic N) is 1. The number of piperidine rings is 1. The van der Waals surface area contributed by atoms with E-state index in [9.17, 15) is 14.4 Å². The Labute approximate surface area is 140 Å². The quantitative estimate of drug-likeness (QED) is 0.772. The van der Waals surface area contributed by atoms with Gasteiger partial charge in [0.25, 0.3) is 5.91 Å². The van der Waals surface area contributed by atoms with E-state index in [4.69, 9.17) is 9.84 Å². The van der Waals surface area contributed by atoms with Gasteiger partial charge in [0.05, 0.1) is 6.42 Å². The molecule has 0 bridgehead atoms. The second-order valence-electron chi connectivity index (χ2n) is 5.69. The van der Waals surface area contributed by atoms with Crippen LogP contribution in [-0.2, 0) is 14.4 Å². The Balaban J connectivity index is 1.69. The summed E-state index contributed by atoms with van der Waals surface area (Å²) in [6.45, 7) is 1.14. The smallest absolute Gasteiger partial charge is 0.305 e. The van der Waals surface area contributed by atoms with Gasteiger partial charge < -0.3 is 20.1 Å². The number of benzene rings is 1. The van der Waals surface area contributed by atoms with Gasteiger partial charge in [0.2, 0.25) is 5.91 Å². The minimum atomic E-state index is -0.936. The van der Waals surface area contributed by atoms with Crippen molar-refractivity contribution in [3.8, 4) is 5.75 Å². The molecule has 1 aromatic carbocycles. The number of carbonyl (C=O) groups is 3. The van der Waals surface area contributed by atoms with Gasteiger partial charge >= 0.3 is 5.97 Å². The lowest BCUT2D eigenvalue weighted by molar-refractivity contribution is -0.138. The molecule has 0 aliphatic carbocycles. The second-order valence-corrected chi connectivity index (χ2v) is 5.69. The number of para-hydroxylation sites is 1. The fourth-order valence-electron chi connectivity index (χ4n) is 2.58. The molecule has 1 fully saturated rings. The molecule has 1 aromatic rings. The number of aliphatic carboxylic acids is 1. The van der Waals surface area contributed by atoms with Gasteiger partial charge in [-0.05, 0) is 25.0 Å². The van der Waals surface area contributed by atoms with Gasteiger partial charge in [0.15, 0.2) is 6.61 Å². The lowest BCUT2D eigenvalue weighted by Gasteiger charge is -2.31. The molecular weight excluding hydrogens is 312 g/mol. The molecule has 0 unspecified atom stereocenters. The highest BCUT2D eigenvalue weighted by atomic mass is 16.5. The van der Waals surface area contributed by atoms with Crippen LogP contribution in [0.1, 0.15) is 19.3 Å². The summed E-state index contributed by atoms with van der Waals surface area (Å²) in [5.41, 5.74) is 0. The monoisotopic (exact) mass is 334 g/mol. The molecule has 7 heteroatoms. The first-order chi connectivity index (χ1) is 11.6. The largest absolute Gasteiger partial charge is 0.484 e. The maximum Gasteiger partial charge on any atom is 0.305 e. The van der Waals surface area contributed by atoms with E-state index in [2.05, 4.69) is 5.32 Å². The summed E-state index contributed by atoms with van der Waals surface area (Å²) in [7, 11) is 0. The van der Waals surface area contributed by atoms with E-state index in [1.165, 1.54) is 0 Å². The van der Waals surface area contributed by atoms with Gasteiger partial charge in [-0.2, -0.15) is 0 Å². The Morgan fingerprint density at radius 3 is 2.46 bits per heavy atom. The number of carboxylic acids is 1. The average molecular weight is 334 g/mol. The number of nitrogens with one attached hydrogen (secondary N) is 1. The number of carboxylic acid groups (broad SMARTS) is 1. The van der Waals surface area contributed by atoms with Crippen LogP contribution in [0.25, 0.3) is 0 Å². The SMILES string of the molecule is O=C(O)CCNC(=O)C1CCN(C(=O)COc2ccccc2)CC1. The Morgan fingerprint density at radius 1 is 1.17 bits per heavy atom. The molecule has 2 amide bonds. The van der Waals surface area contributed by atoms with Crippen LogP contribution in [0.5, 0.6) is 5.75 Å². The number of amides is 2. The third-order valence-corrected chi connectivity index (χ3v) is 3.96. The summed E-state index contributed by atoms with van der Waals surface area (Å²) in [5.74, 6) is -0.682. The predicted octanol–water partition coefficient (Wildman–Crippen LogP) is 0.895. The maximum absolute atomic E-state index is 12.1. The molecule has 0 spiro atoms. The summed E-state index contributed by atoms with van der Waals surface area (Å²) >= 11 is 0. The Hall–Kier alpha value is -2.57. The Kier molecular flexibility index (Phi) is 6.60. The first kappa shape index (κ1) is 17.8. The third-order valence-electron chi connectivity index (χ3n) is 3.96. The van der Waals surface area contributed by atoms with Crippen molar-refractivity contribution in [2.24, 2.45) is 5.92 Å². The number of rotatable bonds is 7. The molecule has 1 saturated heterocycles. The van der Waals surface area contributed by atoms with Gasteiger partial charge in [-0.25, -0.2) is 0 Å². The number of likely N-dealkylation sites (tertiary alicyclic amines) is 1. The predicted molar refractivity (Wildman–Crippen MR) is 86.5 cm³/mol. The summed E-state index contributed by atoms with van der Waals surface area (Å²) in [5, 5.41) is 11.2. The molecule has 0 aromatic heterocycles. The van der Waals surface area contributed by atoms with Gasteiger partial charge in [-0.3, -0.25) is 14.4 Å². The third kappa shape index (κ3) is 5.57. The van der Waals surface area contributed by atoms with Crippen LogP contribution in [0.3, 0.4) is 0 Å². The minimum absolute atomic E-state index is 0.0144. The molecule has 2 rings (SSSR count). The lowest BCUT2D eigenvalue weighted by atomic mass is 9.96.